The van der Waals surface area contributed by atoms with Gasteiger partial charge in [-0.2, -0.15) is 0 Å². The van der Waals surface area contributed by atoms with Gasteiger partial charge in [-0.1, -0.05) is 6.07 Å². The first-order chi connectivity index (χ1) is 10.6. The Labute approximate surface area is 130 Å². The van der Waals surface area contributed by atoms with Crippen molar-refractivity contribution in [1.82, 2.24) is 0 Å². The summed E-state index contributed by atoms with van der Waals surface area (Å²) in [5.41, 5.74) is 1.96. The monoisotopic (exact) mass is 302 g/mol. The van der Waals surface area contributed by atoms with Crippen molar-refractivity contribution in [3.05, 3.63) is 35.1 Å². The molecule has 2 aliphatic rings. The van der Waals surface area contributed by atoms with Gasteiger partial charge in [-0.15, -0.1) is 0 Å². The third-order valence-electron chi connectivity index (χ3n) is 4.88. The van der Waals surface area contributed by atoms with E-state index in [4.69, 9.17) is 4.74 Å². The Kier molecular flexibility index (Phi) is 4.21. The Morgan fingerprint density at radius 1 is 1.09 bits per heavy atom. The molecule has 0 aromatic heterocycles. The number of aromatic hydroxyl groups is 1. The number of aliphatic hydroxyl groups is 1. The summed E-state index contributed by atoms with van der Waals surface area (Å²) in [6.45, 7) is 3.35. The molecule has 4 nitrogen and oxygen atoms in total. The fourth-order valence-corrected chi connectivity index (χ4v) is 3.68. The smallest absolute Gasteiger partial charge is 0.167 e. The van der Waals surface area contributed by atoms with Crippen LogP contribution in [0, 0.1) is 18.8 Å². The maximum atomic E-state index is 12.6. The van der Waals surface area contributed by atoms with Crippen LogP contribution in [-0.2, 0) is 9.53 Å². The zero-order valence-corrected chi connectivity index (χ0v) is 12.8. The van der Waals surface area contributed by atoms with E-state index in [1.54, 1.807) is 18.2 Å². The highest BCUT2D eigenvalue weighted by atomic mass is 16.5. The van der Waals surface area contributed by atoms with Crippen LogP contribution in [0.4, 0.5) is 0 Å². The molecule has 3 rings (SSSR count). The third-order valence-corrected chi connectivity index (χ3v) is 4.88. The lowest BCUT2D eigenvalue weighted by molar-refractivity contribution is -0.116. The number of allylic oxidation sites excluding steroid dienone is 2. The normalized spacial score (nSPS) is 23.9. The first kappa shape index (κ1) is 15.1. The van der Waals surface area contributed by atoms with Gasteiger partial charge in [-0.3, -0.25) is 4.79 Å². The van der Waals surface area contributed by atoms with E-state index < -0.39 is 0 Å². The number of ether oxygens (including phenoxy) is 1. The van der Waals surface area contributed by atoms with Crippen LogP contribution in [-0.4, -0.2) is 29.2 Å². The Bertz CT molecular complexity index is 612. The zero-order chi connectivity index (χ0) is 15.7. The van der Waals surface area contributed by atoms with E-state index in [0.717, 1.165) is 37.2 Å². The van der Waals surface area contributed by atoms with Gasteiger partial charge in [0.25, 0.3) is 0 Å². The molecule has 0 bridgehead atoms. The molecule has 1 aliphatic heterocycles. The number of Topliss-reactive ketones (excluding diaryl/α,β-unsaturated/α-hetero) is 1. The summed E-state index contributed by atoms with van der Waals surface area (Å²) < 4.78 is 5.38. The minimum Gasteiger partial charge on any atom is -0.512 e. The van der Waals surface area contributed by atoms with Gasteiger partial charge in [0, 0.05) is 26.1 Å². The standard InChI is InChI=1S/C18H22O4/c1-11-8-14(19)2-3-15(11)18-16(20)9-13(10-17(18)21)12-4-6-22-7-5-12/h2-3,8,12-13,19-20H,4-7,9-10H2,1H3. The molecule has 1 aliphatic carbocycles. The second kappa shape index (κ2) is 6.13. The van der Waals surface area contributed by atoms with Crippen molar-refractivity contribution in [1.29, 1.82) is 0 Å². The number of benzene rings is 1. The van der Waals surface area contributed by atoms with E-state index in [0.29, 0.717) is 24.3 Å². The van der Waals surface area contributed by atoms with Crippen molar-refractivity contribution >= 4 is 11.4 Å². The molecule has 0 radical (unpaired) electrons. The molecule has 1 atom stereocenters. The number of aryl methyl sites for hydroxylation is 1. The molecular formula is C18H22O4. The van der Waals surface area contributed by atoms with Crippen molar-refractivity contribution in [3.8, 4) is 5.75 Å². The summed E-state index contributed by atoms with van der Waals surface area (Å²) in [7, 11) is 0. The summed E-state index contributed by atoms with van der Waals surface area (Å²) >= 11 is 0. The van der Waals surface area contributed by atoms with Crippen LogP contribution in [0.15, 0.2) is 24.0 Å². The number of phenolic OH excluding ortho intramolecular Hbond substituents is 1. The summed E-state index contributed by atoms with van der Waals surface area (Å²) in [5.74, 6) is 1.06. The van der Waals surface area contributed by atoms with Gasteiger partial charge in [-0.25, -0.2) is 0 Å². The molecule has 118 valence electrons. The van der Waals surface area contributed by atoms with Crippen LogP contribution in [0.3, 0.4) is 0 Å². The number of carbonyl (C=O) groups excluding carboxylic acids is 1. The number of aliphatic hydroxyl groups excluding tert-OH is 1. The SMILES string of the molecule is Cc1cc(O)ccc1C1=C(O)CC(C2CCOCC2)CC1=O. The van der Waals surface area contributed by atoms with E-state index in [2.05, 4.69) is 0 Å². The van der Waals surface area contributed by atoms with Crippen LogP contribution in [0.5, 0.6) is 5.75 Å². The topological polar surface area (TPSA) is 66.8 Å². The van der Waals surface area contributed by atoms with E-state index in [9.17, 15) is 15.0 Å². The maximum absolute atomic E-state index is 12.6. The second-order valence-electron chi connectivity index (χ2n) is 6.36. The minimum atomic E-state index is 0.00836. The highest BCUT2D eigenvalue weighted by Gasteiger charge is 2.34. The van der Waals surface area contributed by atoms with Crippen molar-refractivity contribution in [2.75, 3.05) is 13.2 Å². The molecule has 0 saturated carbocycles. The fourth-order valence-electron chi connectivity index (χ4n) is 3.68. The molecule has 1 aromatic carbocycles. The predicted octanol–water partition coefficient (Wildman–Crippen LogP) is 3.38. The Hall–Kier alpha value is -1.81. The number of carbonyl (C=O) groups is 1. The zero-order valence-electron chi connectivity index (χ0n) is 12.8. The van der Waals surface area contributed by atoms with Gasteiger partial charge in [0.05, 0.1) is 5.57 Å². The van der Waals surface area contributed by atoms with E-state index in [1.807, 2.05) is 6.92 Å². The lowest BCUT2D eigenvalue weighted by Crippen LogP contribution is -2.29. The summed E-state index contributed by atoms with van der Waals surface area (Å²) in [5, 5.41) is 20.0. The summed E-state index contributed by atoms with van der Waals surface area (Å²) in [6.07, 6.45) is 2.99. The lowest BCUT2D eigenvalue weighted by Gasteiger charge is -2.33. The molecule has 1 fully saturated rings. The predicted molar refractivity (Wildman–Crippen MR) is 83.7 cm³/mol. The largest absolute Gasteiger partial charge is 0.512 e. The molecule has 1 aromatic rings. The average Bonchev–Trinajstić information content (AvgIpc) is 2.49. The molecule has 1 saturated heterocycles. The van der Waals surface area contributed by atoms with Crippen LogP contribution in [0.1, 0.15) is 36.8 Å². The first-order valence-electron chi connectivity index (χ1n) is 7.89. The van der Waals surface area contributed by atoms with Gasteiger partial charge >= 0.3 is 0 Å². The molecule has 0 spiro atoms. The summed E-state index contributed by atoms with van der Waals surface area (Å²) in [4.78, 5) is 12.6. The quantitative estimate of drug-likeness (QED) is 0.879. The fraction of sp³-hybridized carbons (Fsp3) is 0.500. The number of hydrogen-bond donors (Lipinski definition) is 2. The molecule has 1 heterocycles. The molecule has 22 heavy (non-hydrogen) atoms. The van der Waals surface area contributed by atoms with Gasteiger partial charge < -0.3 is 14.9 Å². The molecule has 0 amide bonds. The minimum absolute atomic E-state index is 0.00836. The van der Waals surface area contributed by atoms with Crippen molar-refractivity contribution in [3.63, 3.8) is 0 Å². The van der Waals surface area contributed by atoms with Crippen LogP contribution in [0.25, 0.3) is 5.57 Å². The van der Waals surface area contributed by atoms with E-state index >= 15 is 0 Å². The highest BCUT2D eigenvalue weighted by Crippen LogP contribution is 2.39. The lowest BCUT2D eigenvalue weighted by atomic mass is 9.74. The van der Waals surface area contributed by atoms with E-state index in [1.165, 1.54) is 0 Å². The van der Waals surface area contributed by atoms with Crippen LogP contribution < -0.4 is 0 Å². The van der Waals surface area contributed by atoms with Crippen molar-refractivity contribution in [2.45, 2.75) is 32.6 Å². The molecule has 1 unspecified atom stereocenters. The van der Waals surface area contributed by atoms with Gasteiger partial charge in [0.1, 0.15) is 11.5 Å². The van der Waals surface area contributed by atoms with Crippen molar-refractivity contribution < 1.29 is 19.7 Å². The number of hydrogen-bond acceptors (Lipinski definition) is 4. The van der Waals surface area contributed by atoms with Gasteiger partial charge in [0.15, 0.2) is 5.78 Å². The van der Waals surface area contributed by atoms with E-state index in [-0.39, 0.29) is 23.2 Å². The molecule has 4 heteroatoms. The number of rotatable bonds is 2. The highest BCUT2D eigenvalue weighted by molar-refractivity contribution is 6.22. The molecule has 2 N–H and O–H groups in total. The average molecular weight is 302 g/mol. The third kappa shape index (κ3) is 2.88. The summed E-state index contributed by atoms with van der Waals surface area (Å²) in [6, 6.07) is 4.89. The molecular weight excluding hydrogens is 280 g/mol. The maximum Gasteiger partial charge on any atom is 0.167 e. The number of phenols is 1. The Morgan fingerprint density at radius 3 is 2.45 bits per heavy atom. The van der Waals surface area contributed by atoms with Gasteiger partial charge in [0.2, 0.25) is 0 Å². The number of ketones is 1. The first-order valence-corrected chi connectivity index (χ1v) is 7.89. The Balaban J connectivity index is 1.87. The Morgan fingerprint density at radius 2 is 1.82 bits per heavy atom. The van der Waals surface area contributed by atoms with Crippen LogP contribution in [0.2, 0.25) is 0 Å². The second-order valence-corrected chi connectivity index (χ2v) is 6.36. The van der Waals surface area contributed by atoms with Crippen molar-refractivity contribution in [2.24, 2.45) is 11.8 Å². The van der Waals surface area contributed by atoms with Gasteiger partial charge in [-0.05, 0) is 54.9 Å². The van der Waals surface area contributed by atoms with Crippen LogP contribution >= 0.6 is 0 Å².